The van der Waals surface area contributed by atoms with Crippen LogP contribution < -0.4 is 10.1 Å². The minimum absolute atomic E-state index is 0.0520. The summed E-state index contributed by atoms with van der Waals surface area (Å²) in [4.78, 5) is 21.0. The van der Waals surface area contributed by atoms with Crippen LogP contribution in [0.4, 0.5) is 0 Å². The number of thioether (sulfide) groups is 1. The molecule has 0 bridgehead atoms. The Bertz CT molecular complexity index is 920. The van der Waals surface area contributed by atoms with Crippen LogP contribution in [0.5, 0.6) is 5.75 Å². The number of amides is 1. The van der Waals surface area contributed by atoms with Gasteiger partial charge in [0.05, 0.1) is 18.1 Å². The van der Waals surface area contributed by atoms with Crippen molar-refractivity contribution in [2.45, 2.75) is 42.1 Å². The Morgan fingerprint density at radius 3 is 2.74 bits per heavy atom. The van der Waals surface area contributed by atoms with Gasteiger partial charge in [0.25, 0.3) is 0 Å². The minimum Gasteiger partial charge on any atom is -0.497 e. The molecule has 2 N–H and O–H groups in total. The molecule has 1 saturated carbocycles. The molecule has 140 valence electrons. The summed E-state index contributed by atoms with van der Waals surface area (Å²) in [5.41, 5.74) is 2.75. The second-order valence-corrected chi connectivity index (χ2v) is 7.92. The number of hydrogen-bond donors (Lipinski definition) is 2. The Balaban J connectivity index is 1.59. The molecule has 27 heavy (non-hydrogen) atoms. The van der Waals surface area contributed by atoms with Crippen LogP contribution in [0.15, 0.2) is 53.7 Å². The standard InChI is InChI=1S/C21H23N3O2S/c1-26-16-11-12-17-18(13-16)24-21(23-17)27-19(14-7-3-2-4-8-14)20(25)22-15-9-5-6-10-15/h2-4,7-8,11-13,15,19H,5-6,9-10H2,1H3,(H,22,25)(H,23,24)/t19-/m1/s1. The highest BCUT2D eigenvalue weighted by Gasteiger charge is 2.26. The third-order valence-electron chi connectivity index (χ3n) is 4.94. The highest BCUT2D eigenvalue weighted by Crippen LogP contribution is 2.35. The first kappa shape index (κ1) is 17.9. The van der Waals surface area contributed by atoms with Crippen LogP contribution in [-0.2, 0) is 4.79 Å². The van der Waals surface area contributed by atoms with Gasteiger partial charge in [0.1, 0.15) is 11.0 Å². The Hall–Kier alpha value is -2.47. The van der Waals surface area contributed by atoms with E-state index in [0.717, 1.165) is 40.3 Å². The summed E-state index contributed by atoms with van der Waals surface area (Å²) in [6, 6.07) is 15.9. The summed E-state index contributed by atoms with van der Waals surface area (Å²) in [6.07, 6.45) is 4.53. The first-order valence-corrected chi connectivity index (χ1v) is 10.2. The van der Waals surface area contributed by atoms with E-state index < -0.39 is 0 Å². The third-order valence-corrected chi connectivity index (χ3v) is 6.08. The fourth-order valence-corrected chi connectivity index (χ4v) is 4.52. The van der Waals surface area contributed by atoms with Crippen LogP contribution in [-0.4, -0.2) is 29.0 Å². The summed E-state index contributed by atoms with van der Waals surface area (Å²) >= 11 is 1.45. The van der Waals surface area contributed by atoms with E-state index in [-0.39, 0.29) is 11.2 Å². The van der Waals surface area contributed by atoms with E-state index in [1.807, 2.05) is 48.5 Å². The zero-order chi connectivity index (χ0) is 18.6. The van der Waals surface area contributed by atoms with Gasteiger partial charge in [-0.25, -0.2) is 4.98 Å². The number of ether oxygens (including phenoxy) is 1. The zero-order valence-corrected chi connectivity index (χ0v) is 16.1. The number of nitrogens with zero attached hydrogens (tertiary/aromatic N) is 1. The smallest absolute Gasteiger partial charge is 0.238 e. The van der Waals surface area contributed by atoms with Crippen LogP contribution in [0.2, 0.25) is 0 Å². The van der Waals surface area contributed by atoms with Crippen LogP contribution in [0, 0.1) is 0 Å². The van der Waals surface area contributed by atoms with Gasteiger partial charge in [-0.2, -0.15) is 0 Å². The number of nitrogens with one attached hydrogen (secondary N) is 2. The number of fused-ring (bicyclic) bond motifs is 1. The van der Waals surface area contributed by atoms with E-state index in [0.29, 0.717) is 6.04 Å². The van der Waals surface area contributed by atoms with E-state index in [1.54, 1.807) is 7.11 Å². The predicted molar refractivity (Wildman–Crippen MR) is 108 cm³/mol. The molecular weight excluding hydrogens is 358 g/mol. The van der Waals surface area contributed by atoms with Crippen molar-refractivity contribution in [1.82, 2.24) is 15.3 Å². The van der Waals surface area contributed by atoms with Gasteiger partial charge in [-0.15, -0.1) is 0 Å². The quantitative estimate of drug-likeness (QED) is 0.619. The molecule has 1 aliphatic carbocycles. The van der Waals surface area contributed by atoms with Crippen molar-refractivity contribution in [3.05, 3.63) is 54.1 Å². The molecule has 0 saturated heterocycles. The molecule has 1 amide bonds. The van der Waals surface area contributed by atoms with Crippen molar-refractivity contribution in [2.24, 2.45) is 0 Å². The number of benzene rings is 2. The molecule has 1 atom stereocenters. The third kappa shape index (κ3) is 4.11. The molecule has 4 rings (SSSR count). The van der Waals surface area contributed by atoms with E-state index in [4.69, 9.17) is 4.74 Å². The minimum atomic E-state index is -0.339. The highest BCUT2D eigenvalue weighted by molar-refractivity contribution is 8.00. The van der Waals surface area contributed by atoms with E-state index >= 15 is 0 Å². The number of hydrogen-bond acceptors (Lipinski definition) is 4. The number of aromatic nitrogens is 2. The van der Waals surface area contributed by atoms with Gasteiger partial charge in [-0.3, -0.25) is 4.79 Å². The molecule has 1 fully saturated rings. The second-order valence-electron chi connectivity index (χ2n) is 6.82. The van der Waals surface area contributed by atoms with Gasteiger partial charge in [0.15, 0.2) is 5.16 Å². The van der Waals surface area contributed by atoms with Gasteiger partial charge in [0, 0.05) is 12.1 Å². The topological polar surface area (TPSA) is 67.0 Å². The average molecular weight is 382 g/mol. The second kappa shape index (κ2) is 8.05. The number of imidazole rings is 1. The average Bonchev–Trinajstić information content (AvgIpc) is 3.35. The van der Waals surface area contributed by atoms with Gasteiger partial charge in [0.2, 0.25) is 5.91 Å². The van der Waals surface area contributed by atoms with Gasteiger partial charge in [-0.05, 0) is 30.5 Å². The summed E-state index contributed by atoms with van der Waals surface area (Å²) in [6.45, 7) is 0. The molecular formula is C21H23N3O2S. The fourth-order valence-electron chi connectivity index (χ4n) is 3.51. The van der Waals surface area contributed by atoms with E-state index in [2.05, 4.69) is 15.3 Å². The van der Waals surface area contributed by atoms with Gasteiger partial charge >= 0.3 is 0 Å². The Morgan fingerprint density at radius 2 is 2.00 bits per heavy atom. The number of H-pyrrole nitrogens is 1. The molecule has 0 radical (unpaired) electrons. The molecule has 1 aromatic heterocycles. The largest absolute Gasteiger partial charge is 0.497 e. The lowest BCUT2D eigenvalue weighted by molar-refractivity contribution is -0.121. The predicted octanol–water partition coefficient (Wildman–Crippen LogP) is 4.46. The maximum Gasteiger partial charge on any atom is 0.238 e. The Morgan fingerprint density at radius 1 is 1.22 bits per heavy atom. The summed E-state index contributed by atoms with van der Waals surface area (Å²) in [5, 5.41) is 3.62. The van der Waals surface area contributed by atoms with Crippen molar-refractivity contribution >= 4 is 28.7 Å². The molecule has 6 heteroatoms. The SMILES string of the molecule is COc1ccc2nc(S[C@@H](C(=O)NC3CCCC3)c3ccccc3)[nH]c2c1. The molecule has 2 aromatic carbocycles. The summed E-state index contributed by atoms with van der Waals surface area (Å²) in [5.74, 6) is 0.831. The van der Waals surface area contributed by atoms with Crippen molar-refractivity contribution in [3.63, 3.8) is 0 Å². The van der Waals surface area contributed by atoms with Crippen molar-refractivity contribution in [1.29, 1.82) is 0 Å². The molecule has 1 heterocycles. The zero-order valence-electron chi connectivity index (χ0n) is 15.3. The van der Waals surface area contributed by atoms with Crippen molar-refractivity contribution in [2.75, 3.05) is 7.11 Å². The lowest BCUT2D eigenvalue weighted by Crippen LogP contribution is -2.35. The lowest BCUT2D eigenvalue weighted by Gasteiger charge is -2.19. The number of methoxy groups -OCH3 is 1. The van der Waals surface area contributed by atoms with Crippen molar-refractivity contribution < 1.29 is 9.53 Å². The normalized spacial score (nSPS) is 15.7. The van der Waals surface area contributed by atoms with Crippen LogP contribution in [0.3, 0.4) is 0 Å². The van der Waals surface area contributed by atoms with Gasteiger partial charge in [-0.1, -0.05) is 54.9 Å². The monoisotopic (exact) mass is 381 g/mol. The van der Waals surface area contributed by atoms with E-state index in [1.165, 1.54) is 24.6 Å². The van der Waals surface area contributed by atoms with Crippen LogP contribution in [0.25, 0.3) is 11.0 Å². The first-order chi connectivity index (χ1) is 13.2. The molecule has 0 unspecified atom stereocenters. The first-order valence-electron chi connectivity index (χ1n) is 9.28. The number of carbonyl (C=O) groups is 1. The lowest BCUT2D eigenvalue weighted by atomic mass is 10.1. The number of rotatable bonds is 6. The van der Waals surface area contributed by atoms with Crippen LogP contribution in [0.1, 0.15) is 36.5 Å². The van der Waals surface area contributed by atoms with Gasteiger partial charge < -0.3 is 15.0 Å². The maximum atomic E-state index is 13.0. The van der Waals surface area contributed by atoms with E-state index in [9.17, 15) is 4.79 Å². The number of carbonyl (C=O) groups excluding carboxylic acids is 1. The molecule has 1 aliphatic rings. The molecule has 0 spiro atoms. The number of aromatic amines is 1. The van der Waals surface area contributed by atoms with Crippen molar-refractivity contribution in [3.8, 4) is 5.75 Å². The Labute approximate surface area is 162 Å². The fraction of sp³-hybridized carbons (Fsp3) is 0.333. The molecule has 3 aromatic rings. The Kier molecular flexibility index (Phi) is 5.34. The summed E-state index contributed by atoms with van der Waals surface area (Å²) < 4.78 is 5.28. The molecule has 0 aliphatic heterocycles. The maximum absolute atomic E-state index is 13.0. The molecule has 5 nitrogen and oxygen atoms in total. The summed E-state index contributed by atoms with van der Waals surface area (Å²) in [7, 11) is 1.64. The van der Waals surface area contributed by atoms with Crippen LogP contribution >= 0.6 is 11.8 Å². The highest BCUT2D eigenvalue weighted by atomic mass is 32.2.